The molecule has 0 spiro atoms. The lowest BCUT2D eigenvalue weighted by molar-refractivity contribution is 0.462. The Morgan fingerprint density at radius 2 is 2.00 bits per heavy atom. The van der Waals surface area contributed by atoms with Gasteiger partial charge >= 0.3 is 0 Å². The summed E-state index contributed by atoms with van der Waals surface area (Å²) in [5, 5.41) is 3.65. The molecule has 1 heterocycles. The van der Waals surface area contributed by atoms with Gasteiger partial charge in [0.25, 0.3) is 0 Å². The molecule has 2 nitrogen and oxygen atoms in total. The SMILES string of the molecule is CCCC(CC)NCc1cc(C)n(C)c1C. The zero-order valence-corrected chi connectivity index (χ0v) is 11.4. The molecule has 0 radical (unpaired) electrons. The Hall–Kier alpha value is -0.760. The third kappa shape index (κ3) is 3.11. The van der Waals surface area contributed by atoms with Crippen LogP contribution in [0.25, 0.3) is 0 Å². The maximum atomic E-state index is 3.65. The minimum Gasteiger partial charge on any atom is -0.352 e. The highest BCUT2D eigenvalue weighted by atomic mass is 15.0. The minimum atomic E-state index is 0.671. The lowest BCUT2D eigenvalue weighted by Crippen LogP contribution is -2.27. The number of nitrogens with zero attached hydrogens (tertiary/aromatic N) is 1. The van der Waals surface area contributed by atoms with Gasteiger partial charge in [-0.1, -0.05) is 20.3 Å². The van der Waals surface area contributed by atoms with Crippen LogP contribution < -0.4 is 5.32 Å². The van der Waals surface area contributed by atoms with E-state index >= 15 is 0 Å². The van der Waals surface area contributed by atoms with E-state index in [4.69, 9.17) is 0 Å². The standard InChI is InChI=1S/C14H26N2/c1-6-8-14(7-2)15-10-13-9-11(3)16(5)12(13)4/h9,14-15H,6-8,10H2,1-5H3. The molecular weight excluding hydrogens is 196 g/mol. The van der Waals surface area contributed by atoms with Crippen LogP contribution in [0.3, 0.4) is 0 Å². The summed E-state index contributed by atoms with van der Waals surface area (Å²) in [5.41, 5.74) is 4.17. The van der Waals surface area contributed by atoms with Gasteiger partial charge in [0.2, 0.25) is 0 Å². The van der Waals surface area contributed by atoms with Gasteiger partial charge in [0.1, 0.15) is 0 Å². The fourth-order valence-electron chi connectivity index (χ4n) is 2.17. The van der Waals surface area contributed by atoms with E-state index in [-0.39, 0.29) is 0 Å². The van der Waals surface area contributed by atoms with Gasteiger partial charge in [0.15, 0.2) is 0 Å². The molecule has 1 aromatic rings. The van der Waals surface area contributed by atoms with E-state index < -0.39 is 0 Å². The molecule has 0 fully saturated rings. The van der Waals surface area contributed by atoms with Gasteiger partial charge in [-0.2, -0.15) is 0 Å². The van der Waals surface area contributed by atoms with E-state index in [1.807, 2.05) is 0 Å². The lowest BCUT2D eigenvalue weighted by Gasteiger charge is -2.15. The summed E-state index contributed by atoms with van der Waals surface area (Å²) in [6.45, 7) is 9.88. The zero-order chi connectivity index (χ0) is 12.1. The van der Waals surface area contributed by atoms with Crippen LogP contribution in [0.2, 0.25) is 0 Å². The topological polar surface area (TPSA) is 17.0 Å². The summed E-state index contributed by atoms with van der Waals surface area (Å²) in [7, 11) is 2.14. The van der Waals surface area contributed by atoms with Crippen molar-refractivity contribution in [2.75, 3.05) is 0 Å². The van der Waals surface area contributed by atoms with Crippen LogP contribution in [0.4, 0.5) is 0 Å². The molecule has 92 valence electrons. The molecule has 0 amide bonds. The Labute approximate surface area is 100 Å². The Balaban J connectivity index is 2.56. The molecule has 1 rings (SSSR count). The Morgan fingerprint density at radius 1 is 1.31 bits per heavy atom. The highest BCUT2D eigenvalue weighted by Crippen LogP contribution is 2.13. The van der Waals surface area contributed by atoms with E-state index in [9.17, 15) is 0 Å². The van der Waals surface area contributed by atoms with Crippen LogP contribution in [0, 0.1) is 13.8 Å². The van der Waals surface area contributed by atoms with Crippen molar-refractivity contribution in [3.63, 3.8) is 0 Å². The van der Waals surface area contributed by atoms with Gasteiger partial charge < -0.3 is 9.88 Å². The highest BCUT2D eigenvalue weighted by Gasteiger charge is 2.08. The monoisotopic (exact) mass is 222 g/mol. The second kappa shape index (κ2) is 6.09. The number of aryl methyl sites for hydroxylation is 1. The van der Waals surface area contributed by atoms with Crippen molar-refractivity contribution < 1.29 is 0 Å². The summed E-state index contributed by atoms with van der Waals surface area (Å²) >= 11 is 0. The van der Waals surface area contributed by atoms with Crippen molar-refractivity contribution in [3.05, 3.63) is 23.0 Å². The summed E-state index contributed by atoms with van der Waals surface area (Å²) in [6, 6.07) is 2.96. The third-order valence-corrected chi connectivity index (χ3v) is 3.59. The van der Waals surface area contributed by atoms with Crippen molar-refractivity contribution >= 4 is 0 Å². The molecule has 1 N–H and O–H groups in total. The van der Waals surface area contributed by atoms with E-state index in [1.54, 1.807) is 0 Å². The number of hydrogen-bond acceptors (Lipinski definition) is 1. The second-order valence-electron chi connectivity index (χ2n) is 4.73. The fourth-order valence-corrected chi connectivity index (χ4v) is 2.17. The Kier molecular flexibility index (Phi) is 5.07. The first kappa shape index (κ1) is 13.3. The molecular formula is C14H26N2. The molecule has 1 unspecified atom stereocenters. The largest absolute Gasteiger partial charge is 0.352 e. The van der Waals surface area contributed by atoms with Gasteiger partial charge in [-0.05, 0) is 38.3 Å². The molecule has 2 heteroatoms. The maximum Gasteiger partial charge on any atom is 0.0225 e. The molecule has 0 aromatic carbocycles. The summed E-state index contributed by atoms with van der Waals surface area (Å²) in [4.78, 5) is 0. The molecule has 1 aromatic heterocycles. The van der Waals surface area contributed by atoms with Crippen LogP contribution in [0.1, 0.15) is 50.1 Å². The summed E-state index contributed by atoms with van der Waals surface area (Å²) in [6.07, 6.45) is 3.76. The van der Waals surface area contributed by atoms with Crippen molar-refractivity contribution in [3.8, 4) is 0 Å². The van der Waals surface area contributed by atoms with Gasteiger partial charge in [0, 0.05) is 31.0 Å². The number of rotatable bonds is 6. The van der Waals surface area contributed by atoms with Crippen LogP contribution >= 0.6 is 0 Å². The van der Waals surface area contributed by atoms with Crippen LogP contribution in [0.5, 0.6) is 0 Å². The van der Waals surface area contributed by atoms with E-state index in [0.29, 0.717) is 6.04 Å². The van der Waals surface area contributed by atoms with Gasteiger partial charge in [0.05, 0.1) is 0 Å². The summed E-state index contributed by atoms with van der Waals surface area (Å²) < 4.78 is 2.26. The smallest absolute Gasteiger partial charge is 0.0225 e. The fraction of sp³-hybridized carbons (Fsp3) is 0.714. The van der Waals surface area contributed by atoms with Gasteiger partial charge in [-0.25, -0.2) is 0 Å². The van der Waals surface area contributed by atoms with Crippen molar-refractivity contribution in [1.29, 1.82) is 0 Å². The number of nitrogens with one attached hydrogen (secondary N) is 1. The maximum absolute atomic E-state index is 3.65. The molecule has 1 atom stereocenters. The zero-order valence-electron chi connectivity index (χ0n) is 11.4. The molecule has 0 aliphatic rings. The van der Waals surface area contributed by atoms with Crippen molar-refractivity contribution in [2.24, 2.45) is 7.05 Å². The predicted octanol–water partition coefficient (Wildman–Crippen LogP) is 3.31. The predicted molar refractivity (Wildman–Crippen MR) is 70.7 cm³/mol. The second-order valence-corrected chi connectivity index (χ2v) is 4.73. The van der Waals surface area contributed by atoms with E-state index in [2.05, 4.69) is 50.7 Å². The molecule has 0 bridgehead atoms. The van der Waals surface area contributed by atoms with Crippen LogP contribution in [-0.4, -0.2) is 10.6 Å². The number of hydrogen-bond donors (Lipinski definition) is 1. The first-order valence-electron chi connectivity index (χ1n) is 6.45. The first-order chi connectivity index (χ1) is 7.60. The molecule has 0 aliphatic carbocycles. The molecule has 0 aliphatic heterocycles. The average molecular weight is 222 g/mol. The normalized spacial score (nSPS) is 13.1. The summed E-state index contributed by atoms with van der Waals surface area (Å²) in [5.74, 6) is 0. The lowest BCUT2D eigenvalue weighted by atomic mass is 10.1. The first-order valence-corrected chi connectivity index (χ1v) is 6.45. The van der Waals surface area contributed by atoms with E-state index in [1.165, 1.54) is 36.2 Å². The van der Waals surface area contributed by atoms with Crippen molar-refractivity contribution in [1.82, 2.24) is 9.88 Å². The Bertz CT molecular complexity index is 326. The number of aromatic nitrogens is 1. The molecule has 0 saturated heterocycles. The van der Waals surface area contributed by atoms with Gasteiger partial charge in [-0.3, -0.25) is 0 Å². The average Bonchev–Trinajstić information content (AvgIpc) is 2.52. The minimum absolute atomic E-state index is 0.671. The molecule has 16 heavy (non-hydrogen) atoms. The highest BCUT2D eigenvalue weighted by molar-refractivity contribution is 5.26. The quantitative estimate of drug-likeness (QED) is 0.781. The Morgan fingerprint density at radius 3 is 2.44 bits per heavy atom. The molecule has 0 saturated carbocycles. The van der Waals surface area contributed by atoms with Crippen LogP contribution in [0.15, 0.2) is 6.07 Å². The van der Waals surface area contributed by atoms with Crippen molar-refractivity contribution in [2.45, 2.75) is 59.5 Å². The van der Waals surface area contributed by atoms with Crippen LogP contribution in [-0.2, 0) is 13.6 Å². The van der Waals surface area contributed by atoms with Gasteiger partial charge in [-0.15, -0.1) is 0 Å². The van der Waals surface area contributed by atoms with E-state index in [0.717, 1.165) is 6.54 Å². The third-order valence-electron chi connectivity index (χ3n) is 3.59.